The average molecular weight is 342 g/mol. The van der Waals surface area contributed by atoms with E-state index in [0.29, 0.717) is 5.41 Å². The van der Waals surface area contributed by atoms with Gasteiger partial charge in [-0.05, 0) is 69.5 Å². The van der Waals surface area contributed by atoms with E-state index in [9.17, 15) is 0 Å². The van der Waals surface area contributed by atoms with E-state index in [0.717, 1.165) is 13.0 Å². The van der Waals surface area contributed by atoms with Gasteiger partial charge in [-0.25, -0.2) is 0 Å². The van der Waals surface area contributed by atoms with Crippen molar-refractivity contribution in [1.29, 1.82) is 0 Å². The van der Waals surface area contributed by atoms with Crippen LogP contribution in [0.3, 0.4) is 0 Å². The van der Waals surface area contributed by atoms with Gasteiger partial charge in [0.15, 0.2) is 0 Å². The molecule has 1 saturated heterocycles. The molecule has 1 aliphatic heterocycles. The Bertz CT molecular complexity index is 727. The predicted molar refractivity (Wildman–Crippen MR) is 101 cm³/mol. The third-order valence-electron chi connectivity index (χ3n) is 5.97. The van der Waals surface area contributed by atoms with Crippen molar-refractivity contribution in [2.45, 2.75) is 51.2 Å². The highest BCUT2D eigenvalue weighted by molar-refractivity contribution is 7.11. The van der Waals surface area contributed by atoms with E-state index >= 15 is 0 Å². The molecule has 0 radical (unpaired) electrons. The summed E-state index contributed by atoms with van der Waals surface area (Å²) < 4.78 is 5.83. The zero-order valence-electron chi connectivity index (χ0n) is 15.0. The minimum atomic E-state index is 0.284. The van der Waals surface area contributed by atoms with Crippen LogP contribution in [0, 0.1) is 13.8 Å². The normalized spacial score (nSPS) is 22.9. The maximum Gasteiger partial charge on any atom is 0.0832 e. The van der Waals surface area contributed by atoms with Crippen LogP contribution in [0.1, 0.15) is 51.8 Å². The number of benzene rings is 1. The number of piperidine rings is 1. The molecule has 128 valence electrons. The second-order valence-electron chi connectivity index (χ2n) is 7.59. The minimum Gasteiger partial charge on any atom is -0.377 e. The van der Waals surface area contributed by atoms with Crippen LogP contribution < -0.4 is 0 Å². The summed E-state index contributed by atoms with van der Waals surface area (Å²) in [4.78, 5) is 5.55. The van der Waals surface area contributed by atoms with Crippen LogP contribution >= 0.6 is 11.3 Å². The second-order valence-corrected chi connectivity index (χ2v) is 8.96. The molecule has 2 nitrogen and oxygen atoms in total. The van der Waals surface area contributed by atoms with Crippen LogP contribution in [0.2, 0.25) is 0 Å². The van der Waals surface area contributed by atoms with E-state index in [-0.39, 0.29) is 6.10 Å². The first-order valence-electron chi connectivity index (χ1n) is 9.01. The number of rotatable bonds is 3. The molecule has 2 aliphatic rings. The number of fused-ring (bicyclic) bond motifs is 2. The lowest BCUT2D eigenvalue weighted by Crippen LogP contribution is -2.41. The van der Waals surface area contributed by atoms with Gasteiger partial charge in [0.1, 0.15) is 0 Å². The van der Waals surface area contributed by atoms with Crippen molar-refractivity contribution in [2.24, 2.45) is 0 Å². The summed E-state index contributed by atoms with van der Waals surface area (Å²) in [6, 6.07) is 11.5. The van der Waals surface area contributed by atoms with E-state index in [1.807, 2.05) is 18.4 Å². The molecule has 1 fully saturated rings. The van der Waals surface area contributed by atoms with Gasteiger partial charge in [0.25, 0.3) is 0 Å². The van der Waals surface area contributed by atoms with E-state index in [4.69, 9.17) is 4.74 Å². The highest BCUT2D eigenvalue weighted by Gasteiger charge is 2.45. The Labute approximate surface area is 149 Å². The van der Waals surface area contributed by atoms with Gasteiger partial charge in [0.05, 0.1) is 6.10 Å². The van der Waals surface area contributed by atoms with E-state index in [2.05, 4.69) is 49.1 Å². The molecular formula is C21H27NOS. The second kappa shape index (κ2) is 6.29. The lowest BCUT2D eigenvalue weighted by atomic mass is 9.73. The largest absolute Gasteiger partial charge is 0.377 e. The Morgan fingerprint density at radius 2 is 1.96 bits per heavy atom. The number of hydrogen-bond acceptors (Lipinski definition) is 3. The van der Waals surface area contributed by atoms with E-state index in [1.165, 1.54) is 46.8 Å². The fourth-order valence-electron chi connectivity index (χ4n) is 4.62. The van der Waals surface area contributed by atoms with Gasteiger partial charge >= 0.3 is 0 Å². The van der Waals surface area contributed by atoms with Gasteiger partial charge < -0.3 is 4.74 Å². The smallest absolute Gasteiger partial charge is 0.0832 e. The predicted octanol–water partition coefficient (Wildman–Crippen LogP) is 4.99. The molecule has 1 aromatic heterocycles. The van der Waals surface area contributed by atoms with Gasteiger partial charge in [-0.2, -0.15) is 0 Å². The Hall–Kier alpha value is -1.16. The first-order valence-corrected chi connectivity index (χ1v) is 9.83. The first-order chi connectivity index (χ1) is 11.6. The lowest BCUT2D eigenvalue weighted by Gasteiger charge is -2.40. The van der Waals surface area contributed by atoms with Gasteiger partial charge in [-0.15, -0.1) is 11.3 Å². The van der Waals surface area contributed by atoms with E-state index < -0.39 is 0 Å². The fraction of sp³-hybridized carbons (Fsp3) is 0.524. The Balaban J connectivity index is 1.51. The molecule has 0 bridgehead atoms. The SMILES string of the molecule is CO[C@@H]1CC2(CCN(Cc3ccc(C)s3)CC2)c2ccc(C)cc21. The lowest BCUT2D eigenvalue weighted by molar-refractivity contribution is 0.0688. The topological polar surface area (TPSA) is 12.5 Å². The Kier molecular flexibility index (Phi) is 4.27. The molecule has 1 atom stereocenters. The molecule has 2 heterocycles. The number of nitrogens with zero attached hydrogens (tertiary/aromatic N) is 1. The molecule has 4 rings (SSSR count). The Morgan fingerprint density at radius 1 is 1.17 bits per heavy atom. The van der Waals surface area contributed by atoms with Crippen molar-refractivity contribution in [2.75, 3.05) is 20.2 Å². The van der Waals surface area contributed by atoms with Crippen molar-refractivity contribution in [3.05, 3.63) is 56.8 Å². The molecular weight excluding hydrogens is 314 g/mol. The van der Waals surface area contributed by atoms with Gasteiger partial charge in [-0.3, -0.25) is 4.90 Å². The molecule has 1 aliphatic carbocycles. The fourth-order valence-corrected chi connectivity index (χ4v) is 5.55. The number of likely N-dealkylation sites (tertiary alicyclic amines) is 1. The average Bonchev–Trinajstić information content (AvgIpc) is 3.11. The molecule has 0 amide bonds. The highest BCUT2D eigenvalue weighted by Crippen LogP contribution is 2.52. The summed E-state index contributed by atoms with van der Waals surface area (Å²) >= 11 is 1.94. The molecule has 0 saturated carbocycles. The summed E-state index contributed by atoms with van der Waals surface area (Å²) in [7, 11) is 1.87. The van der Waals surface area contributed by atoms with Crippen molar-refractivity contribution in [1.82, 2.24) is 4.90 Å². The van der Waals surface area contributed by atoms with Crippen LogP contribution in [0.15, 0.2) is 30.3 Å². The van der Waals surface area contributed by atoms with Gasteiger partial charge in [-0.1, -0.05) is 23.8 Å². The molecule has 1 spiro atoms. The molecule has 0 unspecified atom stereocenters. The van der Waals surface area contributed by atoms with Crippen molar-refractivity contribution >= 4 is 11.3 Å². The monoisotopic (exact) mass is 341 g/mol. The number of thiophene rings is 1. The van der Waals surface area contributed by atoms with Crippen molar-refractivity contribution in [3.63, 3.8) is 0 Å². The summed E-state index contributed by atoms with van der Waals surface area (Å²) in [5, 5.41) is 0. The zero-order chi connectivity index (χ0) is 16.7. The molecule has 0 N–H and O–H groups in total. The summed E-state index contributed by atoms with van der Waals surface area (Å²) in [6.07, 6.45) is 3.96. The van der Waals surface area contributed by atoms with Crippen molar-refractivity contribution in [3.8, 4) is 0 Å². The third kappa shape index (κ3) is 2.83. The summed E-state index contributed by atoms with van der Waals surface area (Å²) in [6.45, 7) is 7.88. The summed E-state index contributed by atoms with van der Waals surface area (Å²) in [5.74, 6) is 0. The first kappa shape index (κ1) is 16.3. The van der Waals surface area contributed by atoms with Gasteiger partial charge in [0, 0.05) is 28.8 Å². The van der Waals surface area contributed by atoms with Crippen molar-refractivity contribution < 1.29 is 4.74 Å². The van der Waals surface area contributed by atoms with E-state index in [1.54, 1.807) is 5.56 Å². The maximum absolute atomic E-state index is 5.83. The Morgan fingerprint density at radius 3 is 2.62 bits per heavy atom. The number of ether oxygens (including phenoxy) is 1. The van der Waals surface area contributed by atoms with Crippen LogP contribution in [0.25, 0.3) is 0 Å². The van der Waals surface area contributed by atoms with Gasteiger partial charge in [0.2, 0.25) is 0 Å². The maximum atomic E-state index is 5.83. The quantitative estimate of drug-likeness (QED) is 0.780. The van der Waals surface area contributed by atoms with Crippen LogP contribution in [-0.4, -0.2) is 25.1 Å². The molecule has 2 aromatic rings. The molecule has 1 aromatic carbocycles. The molecule has 24 heavy (non-hydrogen) atoms. The zero-order valence-corrected chi connectivity index (χ0v) is 15.8. The summed E-state index contributed by atoms with van der Waals surface area (Å²) in [5.41, 5.74) is 4.69. The minimum absolute atomic E-state index is 0.284. The number of aryl methyl sites for hydroxylation is 2. The van der Waals surface area contributed by atoms with Crippen LogP contribution in [-0.2, 0) is 16.7 Å². The number of methoxy groups -OCH3 is 1. The highest BCUT2D eigenvalue weighted by atomic mass is 32.1. The number of hydrogen-bond donors (Lipinski definition) is 0. The molecule has 3 heteroatoms. The standard InChI is InChI=1S/C21H27NOS/c1-15-4-7-19-18(12-15)20(23-3)13-21(19)8-10-22(11-9-21)14-17-6-5-16(2)24-17/h4-7,12,20H,8-11,13-14H2,1-3H3/t20-/m1/s1. The third-order valence-corrected chi connectivity index (χ3v) is 6.96. The van der Waals surface area contributed by atoms with Crippen LogP contribution in [0.4, 0.5) is 0 Å². The van der Waals surface area contributed by atoms with Crippen LogP contribution in [0.5, 0.6) is 0 Å².